The first-order valence-electron chi connectivity index (χ1n) is 9.39. The Morgan fingerprint density at radius 1 is 1.14 bits per heavy atom. The summed E-state index contributed by atoms with van der Waals surface area (Å²) >= 11 is 0. The van der Waals surface area contributed by atoms with Crippen molar-refractivity contribution in [2.45, 2.75) is 26.4 Å². The van der Waals surface area contributed by atoms with Crippen molar-refractivity contribution in [3.8, 4) is 0 Å². The van der Waals surface area contributed by atoms with E-state index in [1.165, 1.54) is 11.6 Å². The van der Waals surface area contributed by atoms with Crippen molar-refractivity contribution in [1.29, 1.82) is 0 Å². The Labute approximate surface area is 165 Å². The van der Waals surface area contributed by atoms with Crippen LogP contribution in [0.4, 0.5) is 4.39 Å². The minimum Gasteiger partial charge on any atom is -0.356 e. The molecule has 2 N–H and O–H groups in total. The van der Waals surface area contributed by atoms with Gasteiger partial charge in [-0.15, -0.1) is 0 Å². The highest BCUT2D eigenvalue weighted by molar-refractivity contribution is 5.79. The molecule has 2 aromatic carbocycles. The molecule has 0 atom stereocenters. The lowest BCUT2D eigenvalue weighted by Crippen LogP contribution is -2.38. The van der Waals surface area contributed by atoms with Gasteiger partial charge in [-0.25, -0.2) is 9.37 Å². The molecule has 1 aromatic heterocycles. The second-order valence-corrected chi connectivity index (χ2v) is 6.63. The molecule has 28 heavy (non-hydrogen) atoms. The number of rotatable bonds is 7. The molecule has 0 aliphatic carbocycles. The fourth-order valence-corrected chi connectivity index (χ4v) is 3.07. The van der Waals surface area contributed by atoms with E-state index in [0.717, 1.165) is 29.9 Å². The minimum absolute atomic E-state index is 0.197. The van der Waals surface area contributed by atoms with E-state index in [0.29, 0.717) is 19.0 Å². The fraction of sp³-hybridized carbons (Fsp3) is 0.273. The average molecular weight is 379 g/mol. The zero-order chi connectivity index (χ0) is 19.8. The van der Waals surface area contributed by atoms with Crippen LogP contribution in [0.25, 0.3) is 0 Å². The van der Waals surface area contributed by atoms with E-state index in [2.05, 4.69) is 37.3 Å². The molecule has 0 radical (unpaired) electrons. The Morgan fingerprint density at radius 3 is 2.71 bits per heavy atom. The van der Waals surface area contributed by atoms with Gasteiger partial charge in [-0.1, -0.05) is 36.4 Å². The lowest BCUT2D eigenvalue weighted by molar-refractivity contribution is 0.625. The summed E-state index contributed by atoms with van der Waals surface area (Å²) in [7, 11) is 1.74. The van der Waals surface area contributed by atoms with Gasteiger partial charge in [0.05, 0.1) is 6.54 Å². The monoisotopic (exact) mass is 379 g/mol. The first-order chi connectivity index (χ1) is 13.7. The van der Waals surface area contributed by atoms with E-state index in [4.69, 9.17) is 0 Å². The largest absolute Gasteiger partial charge is 0.356 e. The number of aliphatic imine (C=N–C) groups is 1. The average Bonchev–Trinajstić information content (AvgIpc) is 3.14. The van der Waals surface area contributed by atoms with Gasteiger partial charge in [0, 0.05) is 32.5 Å². The van der Waals surface area contributed by atoms with E-state index in [1.807, 2.05) is 43.6 Å². The summed E-state index contributed by atoms with van der Waals surface area (Å²) in [6.07, 6.45) is 4.60. The van der Waals surface area contributed by atoms with E-state index >= 15 is 0 Å². The molecule has 0 saturated heterocycles. The maximum Gasteiger partial charge on any atom is 0.191 e. The van der Waals surface area contributed by atoms with Crippen LogP contribution < -0.4 is 10.6 Å². The highest BCUT2D eigenvalue weighted by Gasteiger charge is 2.06. The van der Waals surface area contributed by atoms with Crippen molar-refractivity contribution >= 4 is 5.96 Å². The summed E-state index contributed by atoms with van der Waals surface area (Å²) in [5, 5.41) is 6.60. The third-order valence-electron chi connectivity index (χ3n) is 4.63. The molecule has 3 aromatic rings. The van der Waals surface area contributed by atoms with E-state index in [-0.39, 0.29) is 5.82 Å². The summed E-state index contributed by atoms with van der Waals surface area (Å²) in [5.74, 6) is 1.47. The number of imidazole rings is 1. The molecule has 0 amide bonds. The van der Waals surface area contributed by atoms with Gasteiger partial charge in [-0.2, -0.15) is 0 Å². The first kappa shape index (κ1) is 19.6. The van der Waals surface area contributed by atoms with Crippen LogP contribution in [0.5, 0.6) is 0 Å². The summed E-state index contributed by atoms with van der Waals surface area (Å²) in [4.78, 5) is 8.71. The summed E-state index contributed by atoms with van der Waals surface area (Å²) < 4.78 is 15.3. The van der Waals surface area contributed by atoms with Gasteiger partial charge in [0.15, 0.2) is 5.96 Å². The van der Waals surface area contributed by atoms with Gasteiger partial charge in [-0.3, -0.25) is 4.99 Å². The molecule has 6 heteroatoms. The number of nitrogens with one attached hydrogen (secondary N) is 2. The Morgan fingerprint density at radius 2 is 1.96 bits per heavy atom. The molecule has 0 aliphatic heterocycles. The van der Waals surface area contributed by atoms with Crippen LogP contribution in [0, 0.1) is 12.7 Å². The van der Waals surface area contributed by atoms with Crippen LogP contribution in [-0.4, -0.2) is 29.1 Å². The van der Waals surface area contributed by atoms with Crippen molar-refractivity contribution in [2.24, 2.45) is 4.99 Å². The smallest absolute Gasteiger partial charge is 0.191 e. The lowest BCUT2D eigenvalue weighted by atomic mass is 10.1. The Kier molecular flexibility index (Phi) is 6.78. The van der Waals surface area contributed by atoms with Crippen LogP contribution >= 0.6 is 0 Å². The molecule has 0 spiro atoms. The molecule has 0 unspecified atom stereocenters. The lowest BCUT2D eigenvalue weighted by Gasteiger charge is -2.13. The minimum atomic E-state index is -0.197. The zero-order valence-corrected chi connectivity index (χ0v) is 16.3. The highest BCUT2D eigenvalue weighted by Crippen LogP contribution is 2.10. The van der Waals surface area contributed by atoms with Crippen LogP contribution in [0.2, 0.25) is 0 Å². The number of halogens is 1. The van der Waals surface area contributed by atoms with Gasteiger partial charge < -0.3 is 15.2 Å². The molecule has 1 heterocycles. The summed E-state index contributed by atoms with van der Waals surface area (Å²) in [6, 6.07) is 15.2. The van der Waals surface area contributed by atoms with Crippen LogP contribution in [0.1, 0.15) is 22.5 Å². The second kappa shape index (κ2) is 9.69. The molecule has 0 bridgehead atoms. The van der Waals surface area contributed by atoms with Gasteiger partial charge in [0.1, 0.15) is 11.6 Å². The highest BCUT2D eigenvalue weighted by atomic mass is 19.1. The van der Waals surface area contributed by atoms with E-state index in [9.17, 15) is 4.39 Å². The Balaban J connectivity index is 1.50. The summed E-state index contributed by atoms with van der Waals surface area (Å²) in [6.45, 7) is 4.01. The predicted octanol–water partition coefficient (Wildman–Crippen LogP) is 3.29. The van der Waals surface area contributed by atoms with Gasteiger partial charge in [0.25, 0.3) is 0 Å². The third-order valence-corrected chi connectivity index (χ3v) is 4.63. The molecular weight excluding hydrogens is 353 g/mol. The predicted molar refractivity (Wildman–Crippen MR) is 111 cm³/mol. The number of hydrogen-bond acceptors (Lipinski definition) is 2. The van der Waals surface area contributed by atoms with Gasteiger partial charge in [-0.05, 0) is 42.2 Å². The quantitative estimate of drug-likeness (QED) is 0.489. The topological polar surface area (TPSA) is 54.2 Å². The Hall–Kier alpha value is -3.15. The number of aromatic nitrogens is 2. The van der Waals surface area contributed by atoms with Crippen molar-refractivity contribution in [1.82, 2.24) is 20.2 Å². The van der Waals surface area contributed by atoms with Crippen LogP contribution in [0.15, 0.2) is 65.9 Å². The SMILES string of the molecule is CN=C(NCCc1ccc(F)cc1C)NCc1nccn1Cc1ccccc1. The number of benzene rings is 2. The normalized spacial score (nSPS) is 11.5. The number of hydrogen-bond donors (Lipinski definition) is 2. The van der Waals surface area contributed by atoms with E-state index < -0.39 is 0 Å². The summed E-state index contributed by atoms with van der Waals surface area (Å²) in [5.41, 5.74) is 3.33. The molecule has 5 nitrogen and oxygen atoms in total. The van der Waals surface area contributed by atoms with Crippen LogP contribution in [0.3, 0.4) is 0 Å². The first-order valence-corrected chi connectivity index (χ1v) is 9.39. The Bertz CT molecular complexity index is 918. The fourth-order valence-electron chi connectivity index (χ4n) is 3.07. The standard InChI is InChI=1S/C22H26FN5/c1-17-14-20(23)9-8-19(17)10-11-26-22(24-2)27-15-21-25-12-13-28(21)16-18-6-4-3-5-7-18/h3-9,12-14H,10-11,15-16H2,1-2H3,(H2,24,26,27). The molecule has 0 saturated carbocycles. The van der Waals surface area contributed by atoms with Crippen molar-refractivity contribution in [2.75, 3.05) is 13.6 Å². The second-order valence-electron chi connectivity index (χ2n) is 6.63. The third kappa shape index (κ3) is 5.42. The van der Waals surface area contributed by atoms with E-state index in [1.54, 1.807) is 13.1 Å². The van der Waals surface area contributed by atoms with Gasteiger partial charge in [0.2, 0.25) is 0 Å². The molecular formula is C22H26FN5. The van der Waals surface area contributed by atoms with Gasteiger partial charge >= 0.3 is 0 Å². The van der Waals surface area contributed by atoms with Crippen molar-refractivity contribution in [3.05, 3.63) is 89.3 Å². The maximum absolute atomic E-state index is 13.2. The maximum atomic E-state index is 13.2. The number of nitrogens with zero attached hydrogens (tertiary/aromatic N) is 3. The van der Waals surface area contributed by atoms with Crippen LogP contribution in [-0.2, 0) is 19.5 Å². The van der Waals surface area contributed by atoms with Crippen molar-refractivity contribution in [3.63, 3.8) is 0 Å². The zero-order valence-electron chi connectivity index (χ0n) is 16.3. The molecule has 146 valence electrons. The molecule has 0 fully saturated rings. The number of guanidine groups is 1. The molecule has 0 aliphatic rings. The number of aryl methyl sites for hydroxylation is 1. The van der Waals surface area contributed by atoms with Crippen molar-refractivity contribution < 1.29 is 4.39 Å². The molecule has 3 rings (SSSR count).